The fourth-order valence-corrected chi connectivity index (χ4v) is 4.00. The van der Waals surface area contributed by atoms with Crippen LogP contribution >= 0.6 is 11.6 Å². The third-order valence-electron chi connectivity index (χ3n) is 5.59. The van der Waals surface area contributed by atoms with Gasteiger partial charge in [-0.05, 0) is 48.9 Å². The molecule has 0 aliphatic rings. The quantitative estimate of drug-likeness (QED) is 0.282. The average Bonchev–Trinajstić information content (AvgIpc) is 3.32. The summed E-state index contributed by atoms with van der Waals surface area (Å²) in [5.74, 6) is -0.708. The zero-order valence-electron chi connectivity index (χ0n) is 20.2. The number of carbonyl (C=O) groups excluding carboxylic acids is 2. The Morgan fingerprint density at radius 1 is 1.03 bits per heavy atom. The molecule has 0 atom stereocenters. The SMILES string of the molecule is COCCCN(CC(=O)Nc1cc(-c2ccccc2)nn1-c1ccc(F)cc1)C(=O)c1cccc(Cl)c1. The minimum absolute atomic E-state index is 0.190. The summed E-state index contributed by atoms with van der Waals surface area (Å²) in [4.78, 5) is 27.8. The van der Waals surface area contributed by atoms with E-state index in [0.717, 1.165) is 5.56 Å². The van der Waals surface area contributed by atoms with Gasteiger partial charge in [-0.3, -0.25) is 9.59 Å². The van der Waals surface area contributed by atoms with Gasteiger partial charge in [0, 0.05) is 42.5 Å². The maximum atomic E-state index is 13.5. The van der Waals surface area contributed by atoms with Crippen LogP contribution in [0.2, 0.25) is 5.02 Å². The first-order valence-electron chi connectivity index (χ1n) is 11.7. The molecule has 0 saturated carbocycles. The second-order valence-electron chi connectivity index (χ2n) is 8.30. The first-order valence-corrected chi connectivity index (χ1v) is 12.1. The van der Waals surface area contributed by atoms with Crippen LogP contribution in [-0.2, 0) is 9.53 Å². The minimum Gasteiger partial charge on any atom is -0.385 e. The van der Waals surface area contributed by atoms with Crippen LogP contribution in [0, 0.1) is 5.82 Å². The van der Waals surface area contributed by atoms with Crippen LogP contribution in [-0.4, -0.2) is 53.3 Å². The molecule has 0 unspecified atom stereocenters. The van der Waals surface area contributed by atoms with Crippen molar-refractivity contribution < 1.29 is 18.7 Å². The number of anilines is 1. The zero-order valence-corrected chi connectivity index (χ0v) is 21.0. The highest BCUT2D eigenvalue weighted by Crippen LogP contribution is 2.25. The Labute approximate surface area is 219 Å². The Morgan fingerprint density at radius 3 is 2.49 bits per heavy atom. The van der Waals surface area contributed by atoms with Crippen molar-refractivity contribution in [2.45, 2.75) is 6.42 Å². The van der Waals surface area contributed by atoms with Gasteiger partial charge in [0.2, 0.25) is 5.91 Å². The van der Waals surface area contributed by atoms with Gasteiger partial charge in [-0.2, -0.15) is 5.10 Å². The van der Waals surface area contributed by atoms with Crippen LogP contribution in [0.25, 0.3) is 16.9 Å². The van der Waals surface area contributed by atoms with Gasteiger partial charge in [0.15, 0.2) is 0 Å². The van der Waals surface area contributed by atoms with Crippen molar-refractivity contribution >= 4 is 29.2 Å². The number of amides is 2. The maximum absolute atomic E-state index is 13.5. The fourth-order valence-electron chi connectivity index (χ4n) is 3.81. The summed E-state index contributed by atoms with van der Waals surface area (Å²) in [6.45, 7) is 0.572. The molecule has 7 nitrogen and oxygen atoms in total. The lowest BCUT2D eigenvalue weighted by Gasteiger charge is -2.22. The molecular weight excluding hydrogens is 495 g/mol. The highest BCUT2D eigenvalue weighted by molar-refractivity contribution is 6.31. The third-order valence-corrected chi connectivity index (χ3v) is 5.82. The normalized spacial score (nSPS) is 10.8. The Balaban J connectivity index is 1.59. The lowest BCUT2D eigenvalue weighted by atomic mass is 10.1. The number of benzene rings is 3. The number of rotatable bonds is 10. The van der Waals surface area contributed by atoms with E-state index < -0.39 is 5.91 Å². The van der Waals surface area contributed by atoms with Gasteiger partial charge in [-0.15, -0.1) is 0 Å². The fraction of sp³-hybridized carbons (Fsp3) is 0.179. The van der Waals surface area contributed by atoms with Gasteiger partial charge < -0.3 is 15.0 Å². The molecule has 1 aromatic heterocycles. The van der Waals surface area contributed by atoms with Crippen molar-refractivity contribution in [3.05, 3.63) is 101 Å². The summed E-state index contributed by atoms with van der Waals surface area (Å²) in [7, 11) is 1.58. The summed E-state index contributed by atoms with van der Waals surface area (Å²) < 4.78 is 20.2. The molecule has 0 fully saturated rings. The van der Waals surface area contributed by atoms with Crippen molar-refractivity contribution in [2.24, 2.45) is 0 Å². The number of nitrogens with zero attached hydrogens (tertiary/aromatic N) is 3. The van der Waals surface area contributed by atoms with E-state index in [9.17, 15) is 14.0 Å². The summed E-state index contributed by atoms with van der Waals surface area (Å²) in [5.41, 5.74) is 2.45. The molecule has 190 valence electrons. The zero-order chi connectivity index (χ0) is 26.2. The number of hydrogen-bond acceptors (Lipinski definition) is 4. The molecule has 2 amide bonds. The lowest BCUT2D eigenvalue weighted by Crippen LogP contribution is -2.39. The van der Waals surface area contributed by atoms with Crippen LogP contribution in [0.5, 0.6) is 0 Å². The molecule has 37 heavy (non-hydrogen) atoms. The Kier molecular flexibility index (Phi) is 8.66. The van der Waals surface area contributed by atoms with E-state index in [1.54, 1.807) is 49.6 Å². The van der Waals surface area contributed by atoms with E-state index in [-0.39, 0.29) is 18.3 Å². The highest BCUT2D eigenvalue weighted by Gasteiger charge is 2.21. The highest BCUT2D eigenvalue weighted by atomic mass is 35.5. The second kappa shape index (κ2) is 12.3. The topological polar surface area (TPSA) is 76.5 Å². The van der Waals surface area contributed by atoms with E-state index in [4.69, 9.17) is 16.3 Å². The van der Waals surface area contributed by atoms with Crippen LogP contribution in [0.3, 0.4) is 0 Å². The van der Waals surface area contributed by atoms with Gasteiger partial charge in [-0.1, -0.05) is 48.0 Å². The van der Waals surface area contributed by atoms with Crippen molar-refractivity contribution in [2.75, 3.05) is 32.1 Å². The van der Waals surface area contributed by atoms with Gasteiger partial charge >= 0.3 is 0 Å². The number of nitrogens with one attached hydrogen (secondary N) is 1. The monoisotopic (exact) mass is 520 g/mol. The van der Waals surface area contributed by atoms with Crippen molar-refractivity contribution in [1.29, 1.82) is 0 Å². The third kappa shape index (κ3) is 6.81. The first kappa shape index (κ1) is 26.1. The van der Waals surface area contributed by atoms with E-state index in [1.165, 1.54) is 21.7 Å². The molecule has 4 aromatic rings. The van der Waals surface area contributed by atoms with Gasteiger partial charge in [0.05, 0.1) is 11.4 Å². The molecule has 0 saturated heterocycles. The van der Waals surface area contributed by atoms with Crippen LogP contribution in [0.1, 0.15) is 16.8 Å². The van der Waals surface area contributed by atoms with Crippen molar-refractivity contribution in [1.82, 2.24) is 14.7 Å². The number of aromatic nitrogens is 2. The van der Waals surface area contributed by atoms with E-state index in [1.807, 2.05) is 30.3 Å². The Morgan fingerprint density at radius 2 is 1.78 bits per heavy atom. The molecule has 0 aliphatic carbocycles. The van der Waals surface area contributed by atoms with Gasteiger partial charge in [0.1, 0.15) is 18.2 Å². The van der Waals surface area contributed by atoms with Crippen molar-refractivity contribution in [3.8, 4) is 16.9 Å². The Bertz CT molecular complexity index is 1360. The predicted octanol–water partition coefficient (Wildman–Crippen LogP) is 5.45. The maximum Gasteiger partial charge on any atom is 0.254 e. The standard InChI is InChI=1S/C28H26ClFN4O3/c1-37-16-6-15-33(28(36)21-9-5-10-22(29)17-21)19-27(35)31-26-18-25(20-7-3-2-4-8-20)32-34(26)24-13-11-23(30)12-14-24/h2-5,7-14,17-18H,6,15-16,19H2,1H3,(H,31,35). The number of hydrogen-bond donors (Lipinski definition) is 1. The van der Waals surface area contributed by atoms with Crippen LogP contribution in [0.15, 0.2) is 84.9 Å². The van der Waals surface area contributed by atoms with Crippen LogP contribution in [0.4, 0.5) is 10.2 Å². The smallest absolute Gasteiger partial charge is 0.254 e. The average molecular weight is 521 g/mol. The van der Waals surface area contributed by atoms with E-state index >= 15 is 0 Å². The largest absolute Gasteiger partial charge is 0.385 e. The molecule has 1 N–H and O–H groups in total. The number of carbonyl (C=O) groups is 2. The Hall–Kier alpha value is -4.01. The van der Waals surface area contributed by atoms with Crippen LogP contribution < -0.4 is 5.32 Å². The van der Waals surface area contributed by atoms with E-state index in [0.29, 0.717) is 47.4 Å². The lowest BCUT2D eigenvalue weighted by molar-refractivity contribution is -0.117. The molecule has 0 spiro atoms. The summed E-state index contributed by atoms with van der Waals surface area (Å²) >= 11 is 6.07. The molecule has 9 heteroatoms. The molecular formula is C28H26ClFN4O3. The number of ether oxygens (including phenoxy) is 1. The second-order valence-corrected chi connectivity index (χ2v) is 8.74. The minimum atomic E-state index is -0.407. The summed E-state index contributed by atoms with van der Waals surface area (Å²) in [5, 5.41) is 7.94. The molecule has 0 bridgehead atoms. The summed E-state index contributed by atoms with van der Waals surface area (Å²) in [6.07, 6.45) is 0.557. The summed E-state index contributed by atoms with van der Waals surface area (Å²) in [6, 6.07) is 23.6. The predicted molar refractivity (Wildman–Crippen MR) is 141 cm³/mol. The molecule has 1 heterocycles. The molecule has 3 aromatic carbocycles. The van der Waals surface area contributed by atoms with Gasteiger partial charge in [0.25, 0.3) is 5.91 Å². The number of halogens is 2. The molecule has 4 rings (SSSR count). The van der Waals surface area contributed by atoms with Gasteiger partial charge in [-0.25, -0.2) is 9.07 Å². The molecule has 0 aliphatic heterocycles. The first-order chi connectivity index (χ1) is 17.9. The van der Waals surface area contributed by atoms with Crippen molar-refractivity contribution in [3.63, 3.8) is 0 Å². The van der Waals surface area contributed by atoms with E-state index in [2.05, 4.69) is 10.4 Å². The number of methoxy groups -OCH3 is 1. The molecule has 0 radical (unpaired) electrons.